The first-order valence-electron chi connectivity index (χ1n) is 10.4. The van der Waals surface area contributed by atoms with Gasteiger partial charge in [-0.05, 0) is 36.2 Å². The Morgan fingerprint density at radius 3 is 2.25 bits per heavy atom. The first kappa shape index (κ1) is 19.8. The molecule has 0 unspecified atom stereocenters. The summed E-state index contributed by atoms with van der Waals surface area (Å²) in [5.74, 6) is 1.05. The first-order valence-corrected chi connectivity index (χ1v) is 11.4. The maximum absolute atomic E-state index is 9.10. The largest absolute Gasteiger partial charge is 0.395 e. The summed E-state index contributed by atoms with van der Waals surface area (Å²) in [6, 6.07) is 17.8. The Labute approximate surface area is 173 Å². The van der Waals surface area contributed by atoms with Gasteiger partial charge in [0.25, 0.3) is 0 Å². The van der Waals surface area contributed by atoms with Crippen molar-refractivity contribution in [3.63, 3.8) is 0 Å². The molecule has 1 fully saturated rings. The molecule has 0 bridgehead atoms. The Kier molecular flexibility index (Phi) is 6.91. The minimum atomic E-state index is 0.272. The molecule has 150 valence electrons. The number of β-amino-alcohol motifs (C(OH)–C–C–N with tert-alkyl or cyclic N) is 1. The van der Waals surface area contributed by atoms with Gasteiger partial charge < -0.3 is 14.9 Å². The second kappa shape index (κ2) is 9.79. The Balaban J connectivity index is 1.38. The van der Waals surface area contributed by atoms with Gasteiger partial charge in [0.15, 0.2) is 0 Å². The van der Waals surface area contributed by atoms with Crippen LogP contribution in [0.25, 0.3) is 0 Å². The number of aliphatic hydroxyl groups is 1. The van der Waals surface area contributed by atoms with Gasteiger partial charge in [0.05, 0.1) is 12.3 Å². The van der Waals surface area contributed by atoms with Gasteiger partial charge in [0.2, 0.25) is 0 Å². The van der Waals surface area contributed by atoms with Crippen LogP contribution in [-0.2, 0) is 12.3 Å². The fraction of sp³-hybridized carbons (Fsp3) is 0.478. The van der Waals surface area contributed by atoms with Crippen LogP contribution in [0.15, 0.2) is 53.4 Å². The lowest BCUT2D eigenvalue weighted by atomic mass is 10.1. The van der Waals surface area contributed by atoms with Crippen molar-refractivity contribution in [1.29, 1.82) is 0 Å². The highest BCUT2D eigenvalue weighted by atomic mass is 32.2. The summed E-state index contributed by atoms with van der Waals surface area (Å²) < 4.78 is 0. The summed E-state index contributed by atoms with van der Waals surface area (Å²) in [5, 5.41) is 9.10. The van der Waals surface area contributed by atoms with Crippen LogP contribution in [0, 0.1) is 0 Å². The summed E-state index contributed by atoms with van der Waals surface area (Å²) in [4.78, 5) is 8.91. The van der Waals surface area contributed by atoms with Crippen LogP contribution in [0.4, 0.5) is 5.69 Å². The van der Waals surface area contributed by atoms with E-state index in [0.29, 0.717) is 0 Å². The van der Waals surface area contributed by atoms with Crippen LogP contribution in [0.2, 0.25) is 0 Å². The highest BCUT2D eigenvalue weighted by Crippen LogP contribution is 2.36. The average molecular weight is 398 g/mol. The smallest absolute Gasteiger partial charge is 0.0558 e. The number of thioether (sulfide) groups is 1. The summed E-state index contributed by atoms with van der Waals surface area (Å²) >= 11 is 1.96. The average Bonchev–Trinajstić information content (AvgIpc) is 2.72. The Morgan fingerprint density at radius 2 is 1.46 bits per heavy atom. The molecule has 2 aliphatic heterocycles. The van der Waals surface area contributed by atoms with Crippen LogP contribution in [0.5, 0.6) is 0 Å². The molecule has 0 amide bonds. The number of anilines is 1. The highest BCUT2D eigenvalue weighted by Gasteiger charge is 2.19. The molecule has 4 rings (SSSR count). The van der Waals surface area contributed by atoms with Crippen LogP contribution in [0.3, 0.4) is 0 Å². The topological polar surface area (TPSA) is 30.0 Å². The molecule has 2 aromatic carbocycles. The maximum atomic E-state index is 9.10. The highest BCUT2D eigenvalue weighted by molar-refractivity contribution is 7.98. The number of nitrogens with zero attached hydrogens (tertiary/aromatic N) is 3. The second-order valence-corrected chi connectivity index (χ2v) is 8.72. The lowest BCUT2D eigenvalue weighted by Gasteiger charge is -2.35. The van der Waals surface area contributed by atoms with Gasteiger partial charge in [0, 0.05) is 56.5 Å². The van der Waals surface area contributed by atoms with Crippen molar-refractivity contribution < 1.29 is 5.11 Å². The van der Waals surface area contributed by atoms with E-state index in [2.05, 4.69) is 63.2 Å². The van der Waals surface area contributed by atoms with Crippen molar-refractivity contribution in [1.82, 2.24) is 9.80 Å². The van der Waals surface area contributed by atoms with E-state index in [-0.39, 0.29) is 6.61 Å². The van der Waals surface area contributed by atoms with Gasteiger partial charge in [-0.25, -0.2) is 0 Å². The molecule has 0 saturated carbocycles. The summed E-state index contributed by atoms with van der Waals surface area (Å²) in [5.41, 5.74) is 4.31. The molecular formula is C23H31N3OS. The van der Waals surface area contributed by atoms with Crippen molar-refractivity contribution in [2.24, 2.45) is 0 Å². The van der Waals surface area contributed by atoms with Crippen LogP contribution >= 0.6 is 11.8 Å². The molecule has 1 saturated heterocycles. The number of fused-ring (bicyclic) bond motifs is 2. The van der Waals surface area contributed by atoms with Crippen LogP contribution < -0.4 is 4.90 Å². The Hall–Kier alpha value is -1.53. The zero-order chi connectivity index (χ0) is 19.2. The fourth-order valence-electron chi connectivity index (χ4n) is 4.20. The molecule has 28 heavy (non-hydrogen) atoms. The summed E-state index contributed by atoms with van der Waals surface area (Å²) in [6.45, 7) is 8.73. The predicted octanol–water partition coefficient (Wildman–Crippen LogP) is 3.30. The standard InChI is InChI=1S/C23H31N3OS/c27-17-16-25-14-12-24(13-15-25)10-5-11-26-18-20-6-1-2-7-21(20)19-28-23-9-4-3-8-22(23)26/h1-4,6-9,27H,5,10-19H2. The SMILES string of the molecule is OCCN1CCN(CCCN2Cc3ccccc3CSc3ccccc32)CC1. The molecule has 0 atom stereocenters. The van der Waals surface area contributed by atoms with E-state index in [0.717, 1.165) is 58.1 Å². The minimum Gasteiger partial charge on any atom is -0.395 e. The first-order chi connectivity index (χ1) is 13.8. The number of rotatable bonds is 6. The van der Waals surface area contributed by atoms with E-state index in [1.54, 1.807) is 0 Å². The van der Waals surface area contributed by atoms with Gasteiger partial charge in [-0.15, -0.1) is 11.8 Å². The van der Waals surface area contributed by atoms with Crippen molar-refractivity contribution in [2.75, 3.05) is 57.3 Å². The number of hydrogen-bond acceptors (Lipinski definition) is 5. The third-order valence-corrected chi connectivity index (χ3v) is 6.96. The van der Waals surface area contributed by atoms with Gasteiger partial charge in [-0.2, -0.15) is 0 Å². The molecule has 1 N–H and O–H groups in total. The normalized spacial score (nSPS) is 18.2. The molecule has 2 aromatic rings. The number of aliphatic hydroxyl groups excluding tert-OH is 1. The fourth-order valence-corrected chi connectivity index (χ4v) is 5.31. The van der Waals surface area contributed by atoms with E-state index >= 15 is 0 Å². The zero-order valence-corrected chi connectivity index (χ0v) is 17.4. The number of piperazine rings is 1. The van der Waals surface area contributed by atoms with E-state index < -0.39 is 0 Å². The molecular weight excluding hydrogens is 366 g/mol. The minimum absolute atomic E-state index is 0.272. The second-order valence-electron chi connectivity index (χ2n) is 7.71. The van der Waals surface area contributed by atoms with Crippen molar-refractivity contribution >= 4 is 17.4 Å². The Morgan fingerprint density at radius 1 is 0.786 bits per heavy atom. The van der Waals surface area contributed by atoms with E-state index in [9.17, 15) is 0 Å². The van der Waals surface area contributed by atoms with Crippen molar-refractivity contribution in [3.05, 3.63) is 59.7 Å². The molecule has 0 aromatic heterocycles. The van der Waals surface area contributed by atoms with Crippen molar-refractivity contribution in [2.45, 2.75) is 23.6 Å². The van der Waals surface area contributed by atoms with Gasteiger partial charge in [-0.1, -0.05) is 36.4 Å². The molecule has 0 aliphatic carbocycles. The molecule has 0 spiro atoms. The summed E-state index contributed by atoms with van der Waals surface area (Å²) in [7, 11) is 0. The maximum Gasteiger partial charge on any atom is 0.0558 e. The molecule has 0 radical (unpaired) electrons. The van der Waals surface area contributed by atoms with Crippen molar-refractivity contribution in [3.8, 4) is 0 Å². The third-order valence-electron chi connectivity index (χ3n) is 5.85. The quantitative estimate of drug-likeness (QED) is 0.808. The lowest BCUT2D eigenvalue weighted by molar-refractivity contribution is 0.112. The summed E-state index contributed by atoms with van der Waals surface area (Å²) in [6.07, 6.45) is 1.18. The van der Waals surface area contributed by atoms with Gasteiger partial charge in [0.1, 0.15) is 0 Å². The van der Waals surface area contributed by atoms with Gasteiger partial charge >= 0.3 is 0 Å². The molecule has 2 heterocycles. The van der Waals surface area contributed by atoms with Crippen LogP contribution in [0.1, 0.15) is 17.5 Å². The predicted molar refractivity (Wildman–Crippen MR) is 118 cm³/mol. The van der Waals surface area contributed by atoms with Crippen LogP contribution in [-0.4, -0.2) is 67.3 Å². The lowest BCUT2D eigenvalue weighted by Crippen LogP contribution is -2.47. The number of benzene rings is 2. The monoisotopic (exact) mass is 397 g/mol. The Bertz CT molecular complexity index is 761. The van der Waals surface area contributed by atoms with E-state index in [1.807, 2.05) is 11.8 Å². The number of para-hydroxylation sites is 1. The van der Waals surface area contributed by atoms with E-state index in [1.165, 1.54) is 28.1 Å². The third kappa shape index (κ3) is 4.90. The van der Waals surface area contributed by atoms with Gasteiger partial charge in [-0.3, -0.25) is 4.90 Å². The van der Waals surface area contributed by atoms with E-state index in [4.69, 9.17) is 5.11 Å². The zero-order valence-electron chi connectivity index (χ0n) is 16.6. The molecule has 2 aliphatic rings. The molecule has 4 nitrogen and oxygen atoms in total. The molecule has 5 heteroatoms. The number of hydrogen-bond donors (Lipinski definition) is 1.